The van der Waals surface area contributed by atoms with Crippen molar-refractivity contribution < 1.29 is 27.7 Å². The summed E-state index contributed by atoms with van der Waals surface area (Å²) < 4.78 is 33.1. The first-order chi connectivity index (χ1) is 4.42. The number of hydrogen-bond donors (Lipinski definition) is 0. The SMILES string of the molecule is CC(=O)COOC(F)(F)F. The van der Waals surface area contributed by atoms with E-state index in [2.05, 4.69) is 9.78 Å². The van der Waals surface area contributed by atoms with Gasteiger partial charge >= 0.3 is 6.36 Å². The lowest BCUT2D eigenvalue weighted by atomic mass is 10.5. The number of halogens is 3. The fourth-order valence-corrected chi connectivity index (χ4v) is 0.179. The van der Waals surface area contributed by atoms with Crippen molar-refractivity contribution in [2.24, 2.45) is 0 Å². The second kappa shape index (κ2) is 3.52. The van der Waals surface area contributed by atoms with Gasteiger partial charge in [0.15, 0.2) is 5.78 Å². The molecule has 0 unspecified atom stereocenters. The third kappa shape index (κ3) is 7.38. The minimum Gasteiger partial charge on any atom is -0.297 e. The fraction of sp³-hybridized carbons (Fsp3) is 0.750. The van der Waals surface area contributed by atoms with Crippen molar-refractivity contribution in [3.05, 3.63) is 0 Å². The smallest absolute Gasteiger partial charge is 0.297 e. The summed E-state index contributed by atoms with van der Waals surface area (Å²) in [7, 11) is 0. The van der Waals surface area contributed by atoms with Crippen LogP contribution in [0, 0.1) is 0 Å². The van der Waals surface area contributed by atoms with E-state index in [0.29, 0.717) is 0 Å². The van der Waals surface area contributed by atoms with Gasteiger partial charge in [-0.3, -0.25) is 4.79 Å². The molecule has 0 aliphatic rings. The molecule has 0 heterocycles. The molecule has 0 saturated heterocycles. The second-order valence-electron chi connectivity index (χ2n) is 1.49. The van der Waals surface area contributed by atoms with Crippen LogP contribution < -0.4 is 0 Å². The van der Waals surface area contributed by atoms with Gasteiger partial charge in [-0.2, -0.15) is 0 Å². The zero-order chi connectivity index (χ0) is 8.20. The zero-order valence-electron chi connectivity index (χ0n) is 5.07. The molecule has 0 spiro atoms. The van der Waals surface area contributed by atoms with Gasteiger partial charge in [-0.1, -0.05) is 0 Å². The molecular weight excluding hydrogens is 153 g/mol. The topological polar surface area (TPSA) is 35.5 Å². The summed E-state index contributed by atoms with van der Waals surface area (Å²) in [4.78, 5) is 16.3. The first-order valence-electron chi connectivity index (χ1n) is 2.28. The molecule has 60 valence electrons. The molecule has 0 aliphatic carbocycles. The van der Waals surface area contributed by atoms with E-state index in [9.17, 15) is 18.0 Å². The molecule has 3 nitrogen and oxygen atoms in total. The van der Waals surface area contributed by atoms with E-state index in [1.165, 1.54) is 0 Å². The van der Waals surface area contributed by atoms with Gasteiger partial charge in [0.2, 0.25) is 0 Å². The van der Waals surface area contributed by atoms with Gasteiger partial charge in [0.05, 0.1) is 0 Å². The van der Waals surface area contributed by atoms with Crippen LogP contribution in [0.4, 0.5) is 13.2 Å². The number of rotatable bonds is 3. The van der Waals surface area contributed by atoms with E-state index in [4.69, 9.17) is 0 Å². The Bertz CT molecular complexity index is 119. The van der Waals surface area contributed by atoms with Crippen LogP contribution in [-0.2, 0) is 14.6 Å². The molecule has 0 N–H and O–H groups in total. The average Bonchev–Trinajstić information content (AvgIpc) is 1.59. The molecule has 6 heteroatoms. The molecule has 0 atom stereocenters. The highest BCUT2D eigenvalue weighted by Gasteiger charge is 2.31. The van der Waals surface area contributed by atoms with E-state index in [1.54, 1.807) is 0 Å². The highest BCUT2D eigenvalue weighted by molar-refractivity contribution is 5.76. The van der Waals surface area contributed by atoms with Crippen LogP contribution in [0.1, 0.15) is 6.92 Å². The lowest BCUT2D eigenvalue weighted by molar-refractivity contribution is -0.480. The number of ketones is 1. The van der Waals surface area contributed by atoms with Gasteiger partial charge in [-0.25, -0.2) is 4.89 Å². The van der Waals surface area contributed by atoms with Gasteiger partial charge in [-0.15, -0.1) is 18.1 Å². The Morgan fingerprint density at radius 3 is 2.30 bits per heavy atom. The Morgan fingerprint density at radius 2 is 2.00 bits per heavy atom. The van der Waals surface area contributed by atoms with Crippen molar-refractivity contribution in [1.29, 1.82) is 0 Å². The van der Waals surface area contributed by atoms with Crippen LogP contribution in [0.15, 0.2) is 0 Å². The Morgan fingerprint density at radius 1 is 1.50 bits per heavy atom. The van der Waals surface area contributed by atoms with Gasteiger partial charge in [0.25, 0.3) is 0 Å². The molecule has 0 aromatic heterocycles. The highest BCUT2D eigenvalue weighted by Crippen LogP contribution is 2.15. The Kier molecular flexibility index (Phi) is 3.31. The third-order valence-electron chi connectivity index (χ3n) is 0.416. The molecule has 0 radical (unpaired) electrons. The lowest BCUT2D eigenvalue weighted by Gasteiger charge is -2.03. The van der Waals surface area contributed by atoms with Gasteiger partial charge in [-0.05, 0) is 6.92 Å². The third-order valence-corrected chi connectivity index (χ3v) is 0.416. The molecule has 0 bridgehead atoms. The molecule has 0 aromatic rings. The number of carbonyl (C=O) groups excluding carboxylic acids is 1. The molecule has 0 aliphatic heterocycles. The molecule has 0 fully saturated rings. The minimum atomic E-state index is -4.84. The minimum absolute atomic E-state index is 0.538. The number of Topliss-reactive ketones (excluding diaryl/α,β-unsaturated/α-hetero) is 1. The van der Waals surface area contributed by atoms with Crippen LogP contribution in [0.3, 0.4) is 0 Å². The number of alkyl halides is 3. The van der Waals surface area contributed by atoms with Crippen molar-refractivity contribution in [2.75, 3.05) is 6.61 Å². The van der Waals surface area contributed by atoms with Gasteiger partial charge in [0.1, 0.15) is 6.61 Å². The van der Waals surface area contributed by atoms with Gasteiger partial charge < -0.3 is 0 Å². The summed E-state index contributed by atoms with van der Waals surface area (Å²) in [5, 5.41) is 0. The molecular formula is C4H5F3O3. The number of carbonyl (C=O) groups is 1. The van der Waals surface area contributed by atoms with Gasteiger partial charge in [0, 0.05) is 0 Å². The summed E-state index contributed by atoms with van der Waals surface area (Å²) in [5.74, 6) is -0.538. The van der Waals surface area contributed by atoms with Crippen molar-refractivity contribution in [1.82, 2.24) is 0 Å². The summed E-state index contributed by atoms with van der Waals surface area (Å²) in [6.45, 7) is 0.388. The average molecular weight is 158 g/mol. The van der Waals surface area contributed by atoms with E-state index < -0.39 is 18.8 Å². The highest BCUT2D eigenvalue weighted by atomic mass is 19.4. The molecule has 0 saturated carbocycles. The fourth-order valence-electron chi connectivity index (χ4n) is 0.179. The van der Waals surface area contributed by atoms with Crippen molar-refractivity contribution in [2.45, 2.75) is 13.3 Å². The van der Waals surface area contributed by atoms with Crippen molar-refractivity contribution >= 4 is 5.78 Å². The Balaban J connectivity index is 3.29. The summed E-state index contributed by atoms with van der Waals surface area (Å²) in [6, 6.07) is 0. The predicted octanol–water partition coefficient (Wildman–Crippen LogP) is 1.04. The molecule has 0 rings (SSSR count). The van der Waals surface area contributed by atoms with Crippen LogP contribution in [-0.4, -0.2) is 18.8 Å². The van der Waals surface area contributed by atoms with Crippen LogP contribution in [0.2, 0.25) is 0 Å². The van der Waals surface area contributed by atoms with Crippen molar-refractivity contribution in [3.8, 4) is 0 Å². The van der Waals surface area contributed by atoms with E-state index >= 15 is 0 Å². The normalized spacial score (nSPS) is 11.6. The Labute approximate surface area is 54.6 Å². The largest absolute Gasteiger partial charge is 0.549 e. The standard InChI is InChI=1S/C4H5F3O3/c1-3(8)2-9-10-4(5,6)7/h2H2,1H3. The van der Waals surface area contributed by atoms with Crippen LogP contribution >= 0.6 is 0 Å². The molecule has 10 heavy (non-hydrogen) atoms. The zero-order valence-corrected chi connectivity index (χ0v) is 5.07. The maximum absolute atomic E-state index is 11.0. The molecule has 0 aromatic carbocycles. The molecule has 0 amide bonds. The maximum atomic E-state index is 11.0. The van der Waals surface area contributed by atoms with Crippen LogP contribution in [0.25, 0.3) is 0 Å². The summed E-state index contributed by atoms with van der Waals surface area (Å²) in [5.41, 5.74) is 0. The van der Waals surface area contributed by atoms with E-state index in [0.717, 1.165) is 6.92 Å². The van der Waals surface area contributed by atoms with Crippen LogP contribution in [0.5, 0.6) is 0 Å². The first kappa shape index (κ1) is 9.38. The summed E-state index contributed by atoms with van der Waals surface area (Å²) >= 11 is 0. The van der Waals surface area contributed by atoms with E-state index in [-0.39, 0.29) is 0 Å². The quantitative estimate of drug-likeness (QED) is 0.454. The van der Waals surface area contributed by atoms with E-state index in [1.807, 2.05) is 0 Å². The second-order valence-corrected chi connectivity index (χ2v) is 1.49. The lowest BCUT2D eigenvalue weighted by Crippen LogP contribution is -2.16. The Hall–Kier alpha value is -0.620. The van der Waals surface area contributed by atoms with Crippen molar-refractivity contribution in [3.63, 3.8) is 0 Å². The first-order valence-corrected chi connectivity index (χ1v) is 2.28. The monoisotopic (exact) mass is 158 g/mol. The maximum Gasteiger partial charge on any atom is 0.549 e. The summed E-state index contributed by atoms with van der Waals surface area (Å²) in [6.07, 6.45) is -4.84. The number of hydrogen-bond acceptors (Lipinski definition) is 3. The predicted molar refractivity (Wildman–Crippen MR) is 23.8 cm³/mol.